The molecule has 0 amide bonds. The highest BCUT2D eigenvalue weighted by Gasteiger charge is 2.02. The first kappa shape index (κ1) is 12.2. The average molecular weight is 209 g/mol. The molecule has 1 nitrogen and oxygen atoms in total. The lowest BCUT2D eigenvalue weighted by atomic mass is 10.1. The van der Waals surface area contributed by atoms with Gasteiger partial charge in [-0.3, -0.25) is 0 Å². The van der Waals surface area contributed by atoms with Gasteiger partial charge in [-0.1, -0.05) is 38.5 Å². The maximum Gasteiger partial charge on any atom is 0.127 e. The highest BCUT2D eigenvalue weighted by Crippen LogP contribution is 2.07. The van der Waals surface area contributed by atoms with E-state index in [1.54, 1.807) is 6.07 Å². The Balaban J connectivity index is 2.29. The summed E-state index contributed by atoms with van der Waals surface area (Å²) in [7, 11) is 0. The van der Waals surface area contributed by atoms with Gasteiger partial charge in [-0.2, -0.15) is 0 Å². The minimum atomic E-state index is -0.117. The van der Waals surface area contributed by atoms with Gasteiger partial charge in [-0.15, -0.1) is 0 Å². The minimum absolute atomic E-state index is 0.117. The van der Waals surface area contributed by atoms with Crippen molar-refractivity contribution in [3.05, 3.63) is 35.6 Å². The van der Waals surface area contributed by atoms with Crippen LogP contribution in [0.2, 0.25) is 0 Å². The number of benzene rings is 1. The summed E-state index contributed by atoms with van der Waals surface area (Å²) >= 11 is 0. The molecule has 0 aromatic heterocycles. The van der Waals surface area contributed by atoms with Crippen molar-refractivity contribution < 1.29 is 4.39 Å². The van der Waals surface area contributed by atoms with E-state index in [0.29, 0.717) is 12.5 Å². The minimum Gasteiger partial charge on any atom is -0.312 e. The van der Waals surface area contributed by atoms with Crippen molar-refractivity contribution in [1.29, 1.82) is 0 Å². The quantitative estimate of drug-likeness (QED) is 0.757. The Morgan fingerprint density at radius 1 is 1.33 bits per heavy atom. The van der Waals surface area contributed by atoms with Crippen molar-refractivity contribution in [2.45, 2.75) is 33.2 Å². The van der Waals surface area contributed by atoms with Crippen molar-refractivity contribution >= 4 is 0 Å². The Bertz CT molecular complexity index is 286. The van der Waals surface area contributed by atoms with E-state index in [1.165, 1.54) is 18.9 Å². The van der Waals surface area contributed by atoms with Gasteiger partial charge < -0.3 is 5.32 Å². The molecule has 1 rings (SSSR count). The topological polar surface area (TPSA) is 12.0 Å². The normalized spacial score (nSPS) is 12.7. The summed E-state index contributed by atoms with van der Waals surface area (Å²) in [5.41, 5.74) is 0.751. The van der Waals surface area contributed by atoms with Crippen LogP contribution in [0.1, 0.15) is 32.3 Å². The zero-order valence-corrected chi connectivity index (χ0v) is 9.59. The van der Waals surface area contributed by atoms with Crippen LogP contribution in [0.15, 0.2) is 24.3 Å². The summed E-state index contributed by atoms with van der Waals surface area (Å²) in [5.74, 6) is 0.551. The van der Waals surface area contributed by atoms with Crippen molar-refractivity contribution in [2.75, 3.05) is 6.54 Å². The molecule has 84 valence electrons. The molecule has 1 aromatic rings. The maximum atomic E-state index is 13.2. The van der Waals surface area contributed by atoms with Crippen LogP contribution in [0.5, 0.6) is 0 Å². The molecule has 0 bridgehead atoms. The summed E-state index contributed by atoms with van der Waals surface area (Å²) in [6, 6.07) is 6.92. The molecule has 0 radical (unpaired) electrons. The molecule has 1 atom stereocenters. The molecule has 0 saturated heterocycles. The lowest BCUT2D eigenvalue weighted by Crippen LogP contribution is -2.21. The number of hydrogen-bond donors (Lipinski definition) is 1. The van der Waals surface area contributed by atoms with Crippen LogP contribution in [0.3, 0.4) is 0 Å². The second-order valence-corrected chi connectivity index (χ2v) is 4.12. The molecule has 0 fully saturated rings. The zero-order chi connectivity index (χ0) is 11.1. The molecule has 0 unspecified atom stereocenters. The molecule has 1 N–H and O–H groups in total. The third-order valence-electron chi connectivity index (χ3n) is 2.55. The Morgan fingerprint density at radius 2 is 2.07 bits per heavy atom. The summed E-state index contributed by atoms with van der Waals surface area (Å²) in [5, 5.41) is 3.29. The van der Waals surface area contributed by atoms with E-state index in [9.17, 15) is 4.39 Å². The van der Waals surface area contributed by atoms with E-state index in [4.69, 9.17) is 0 Å². The molecule has 0 spiro atoms. The van der Waals surface area contributed by atoms with Crippen molar-refractivity contribution in [1.82, 2.24) is 5.32 Å². The fourth-order valence-corrected chi connectivity index (χ4v) is 1.69. The first-order valence-corrected chi connectivity index (χ1v) is 5.68. The Labute approximate surface area is 91.7 Å². The molecule has 0 heterocycles. The lowest BCUT2D eigenvalue weighted by Gasteiger charge is -2.11. The highest BCUT2D eigenvalue weighted by molar-refractivity contribution is 5.16. The van der Waals surface area contributed by atoms with Gasteiger partial charge in [0.25, 0.3) is 0 Å². The van der Waals surface area contributed by atoms with E-state index in [1.807, 2.05) is 12.1 Å². The molecule has 0 aliphatic heterocycles. The van der Waals surface area contributed by atoms with Crippen LogP contribution >= 0.6 is 0 Å². The van der Waals surface area contributed by atoms with Gasteiger partial charge in [0.15, 0.2) is 0 Å². The number of rotatable bonds is 6. The summed E-state index contributed by atoms with van der Waals surface area (Å²) in [4.78, 5) is 0. The molecule has 15 heavy (non-hydrogen) atoms. The fourth-order valence-electron chi connectivity index (χ4n) is 1.69. The summed E-state index contributed by atoms with van der Waals surface area (Å²) in [6.45, 7) is 5.99. The predicted octanol–water partition coefficient (Wildman–Crippen LogP) is 3.35. The van der Waals surface area contributed by atoms with Gasteiger partial charge in [-0.05, 0) is 24.9 Å². The third-order valence-corrected chi connectivity index (χ3v) is 2.55. The van der Waals surface area contributed by atoms with Crippen LogP contribution in [0.25, 0.3) is 0 Å². The maximum absolute atomic E-state index is 13.2. The molecule has 0 aliphatic carbocycles. The van der Waals surface area contributed by atoms with Gasteiger partial charge in [0.05, 0.1) is 0 Å². The van der Waals surface area contributed by atoms with E-state index in [2.05, 4.69) is 19.2 Å². The van der Waals surface area contributed by atoms with Gasteiger partial charge in [-0.25, -0.2) is 4.39 Å². The first-order valence-electron chi connectivity index (χ1n) is 5.68. The number of halogens is 1. The van der Waals surface area contributed by atoms with E-state index in [-0.39, 0.29) is 5.82 Å². The zero-order valence-electron chi connectivity index (χ0n) is 9.59. The molecular weight excluding hydrogens is 189 g/mol. The second-order valence-electron chi connectivity index (χ2n) is 4.12. The largest absolute Gasteiger partial charge is 0.312 e. The fraction of sp³-hybridized carbons (Fsp3) is 0.538. The molecule has 0 aliphatic rings. The van der Waals surface area contributed by atoms with Crippen molar-refractivity contribution in [3.8, 4) is 0 Å². The summed E-state index contributed by atoms with van der Waals surface area (Å²) < 4.78 is 13.2. The van der Waals surface area contributed by atoms with Crippen LogP contribution in [0, 0.1) is 11.7 Å². The molecule has 0 saturated carbocycles. The summed E-state index contributed by atoms with van der Waals surface area (Å²) in [6.07, 6.45) is 2.44. The first-order chi connectivity index (χ1) is 7.24. The van der Waals surface area contributed by atoms with Gasteiger partial charge in [0.2, 0.25) is 0 Å². The van der Waals surface area contributed by atoms with Crippen molar-refractivity contribution in [2.24, 2.45) is 5.92 Å². The highest BCUT2D eigenvalue weighted by atomic mass is 19.1. The molecule has 2 heteroatoms. The number of nitrogens with one attached hydrogen (secondary N) is 1. The van der Waals surface area contributed by atoms with Crippen LogP contribution < -0.4 is 5.32 Å². The number of hydrogen-bond acceptors (Lipinski definition) is 1. The third kappa shape index (κ3) is 4.43. The van der Waals surface area contributed by atoms with E-state index in [0.717, 1.165) is 12.1 Å². The average Bonchev–Trinajstić information content (AvgIpc) is 2.21. The smallest absolute Gasteiger partial charge is 0.127 e. The van der Waals surface area contributed by atoms with Crippen LogP contribution in [-0.2, 0) is 6.54 Å². The lowest BCUT2D eigenvalue weighted by molar-refractivity contribution is 0.471. The Hall–Kier alpha value is -0.890. The predicted molar refractivity (Wildman–Crippen MR) is 62.2 cm³/mol. The molecule has 1 aromatic carbocycles. The van der Waals surface area contributed by atoms with Gasteiger partial charge in [0, 0.05) is 12.1 Å². The van der Waals surface area contributed by atoms with Crippen LogP contribution in [-0.4, -0.2) is 6.54 Å². The second kappa shape index (κ2) is 6.57. The van der Waals surface area contributed by atoms with Gasteiger partial charge >= 0.3 is 0 Å². The van der Waals surface area contributed by atoms with Crippen molar-refractivity contribution in [3.63, 3.8) is 0 Å². The van der Waals surface area contributed by atoms with E-state index < -0.39 is 0 Å². The standard InChI is InChI=1S/C13H20FN/c1-3-6-11(2)9-15-10-12-7-4-5-8-13(12)14/h4-5,7-8,11,15H,3,6,9-10H2,1-2H3/t11-/m1/s1. The van der Waals surface area contributed by atoms with Gasteiger partial charge in [0.1, 0.15) is 5.82 Å². The Kier molecular flexibility index (Phi) is 5.33. The monoisotopic (exact) mass is 209 g/mol. The molecular formula is C13H20FN. The Morgan fingerprint density at radius 3 is 2.73 bits per heavy atom. The van der Waals surface area contributed by atoms with Crippen LogP contribution in [0.4, 0.5) is 4.39 Å². The van der Waals surface area contributed by atoms with E-state index >= 15 is 0 Å². The SMILES string of the molecule is CCC[C@@H](C)CNCc1ccccc1F.